The highest BCUT2D eigenvalue weighted by Gasteiger charge is 2.32. The van der Waals surface area contributed by atoms with Gasteiger partial charge in [-0.1, -0.05) is 62.4 Å². The van der Waals surface area contributed by atoms with E-state index in [1.807, 2.05) is 12.2 Å². The van der Waals surface area contributed by atoms with Crippen LogP contribution in [0.2, 0.25) is 0 Å². The number of aromatic carboxylic acids is 1. The fourth-order valence-electron chi connectivity index (χ4n) is 6.99. The largest absolute Gasteiger partial charge is 0.488 e. The standard InChI is InChI=1S/C36H43N3O5/c1-23-7-5-9-31(30-8-6-10-33(25(3)24(30)2)39-35(42-4)32(18-37-39)36(40)41)34(23)44-22-26-11-12-29-20-38(15-13-28(29)17-26)19-27-14-16-43-21-27/h5-12,17-18,24-25,27,30H,13-16,19-22H2,1-4H3,(H,40,41). The molecule has 1 saturated heterocycles. The lowest BCUT2D eigenvalue weighted by atomic mass is 9.78. The minimum Gasteiger partial charge on any atom is -0.488 e. The molecule has 2 aliphatic heterocycles. The number of benzene rings is 2. The van der Waals surface area contributed by atoms with Crippen molar-refractivity contribution in [1.82, 2.24) is 14.7 Å². The molecule has 1 N–H and O–H groups in total. The fraction of sp³-hybridized carbons (Fsp3) is 0.444. The lowest BCUT2D eigenvalue weighted by Crippen LogP contribution is -2.34. The Kier molecular flexibility index (Phi) is 8.91. The molecule has 44 heavy (non-hydrogen) atoms. The maximum atomic E-state index is 11.7. The Bertz CT molecular complexity index is 1570. The van der Waals surface area contributed by atoms with Gasteiger partial charge < -0.3 is 19.3 Å². The van der Waals surface area contributed by atoms with Gasteiger partial charge in [-0.15, -0.1) is 0 Å². The van der Waals surface area contributed by atoms with E-state index < -0.39 is 5.97 Å². The van der Waals surface area contributed by atoms with E-state index in [1.165, 1.54) is 36.4 Å². The topological polar surface area (TPSA) is 86.0 Å². The second kappa shape index (κ2) is 13.0. The van der Waals surface area contributed by atoms with E-state index in [2.05, 4.69) is 73.2 Å². The van der Waals surface area contributed by atoms with Gasteiger partial charge in [0.25, 0.3) is 0 Å². The molecule has 0 amide bonds. The monoisotopic (exact) mass is 597 g/mol. The number of methoxy groups -OCH3 is 1. The zero-order valence-electron chi connectivity index (χ0n) is 26.2. The summed E-state index contributed by atoms with van der Waals surface area (Å²) in [4.78, 5) is 14.3. The average Bonchev–Trinajstić information content (AvgIpc) is 3.67. The molecule has 1 aliphatic carbocycles. The molecule has 3 aliphatic rings. The van der Waals surface area contributed by atoms with Crippen molar-refractivity contribution in [2.45, 2.75) is 52.7 Å². The Morgan fingerprint density at radius 1 is 1.18 bits per heavy atom. The summed E-state index contributed by atoms with van der Waals surface area (Å²) in [6, 6.07) is 13.2. The number of ether oxygens (including phenoxy) is 3. The van der Waals surface area contributed by atoms with E-state index >= 15 is 0 Å². The van der Waals surface area contributed by atoms with E-state index in [0.717, 1.165) is 61.8 Å². The zero-order valence-corrected chi connectivity index (χ0v) is 26.2. The molecule has 4 unspecified atom stereocenters. The summed E-state index contributed by atoms with van der Waals surface area (Å²) in [5.74, 6) is 1.09. The summed E-state index contributed by atoms with van der Waals surface area (Å²) in [6.45, 7) is 12.0. The number of aromatic nitrogens is 2. The molecule has 232 valence electrons. The van der Waals surface area contributed by atoms with Crippen molar-refractivity contribution in [3.05, 3.63) is 94.2 Å². The van der Waals surface area contributed by atoms with E-state index in [4.69, 9.17) is 14.2 Å². The van der Waals surface area contributed by atoms with Crippen molar-refractivity contribution in [3.8, 4) is 11.6 Å². The number of carboxylic acids is 1. The first kappa shape index (κ1) is 30.2. The van der Waals surface area contributed by atoms with Crippen LogP contribution in [0.25, 0.3) is 5.70 Å². The number of hydrogen-bond donors (Lipinski definition) is 1. The van der Waals surface area contributed by atoms with Crippen molar-refractivity contribution in [1.29, 1.82) is 0 Å². The molecule has 3 heterocycles. The van der Waals surface area contributed by atoms with Crippen LogP contribution in [0.1, 0.15) is 64.4 Å². The predicted octanol–water partition coefficient (Wildman–Crippen LogP) is 6.34. The van der Waals surface area contributed by atoms with Gasteiger partial charge in [0.1, 0.15) is 17.9 Å². The summed E-state index contributed by atoms with van der Waals surface area (Å²) in [5, 5.41) is 14.0. The first-order chi connectivity index (χ1) is 21.3. The quantitative estimate of drug-likeness (QED) is 0.308. The third-order valence-electron chi connectivity index (χ3n) is 9.69. The molecule has 2 aromatic carbocycles. The molecule has 0 radical (unpaired) electrons. The summed E-state index contributed by atoms with van der Waals surface area (Å²) in [5.41, 5.74) is 7.25. The van der Waals surface area contributed by atoms with E-state index in [-0.39, 0.29) is 29.2 Å². The minimum absolute atomic E-state index is 0.0473. The SMILES string of the molecule is COc1c(C(=O)O)cnn1C1=CC=CC(c2cccc(C)c2OCc2ccc3c(c2)CCN(CC2CCOC2)C3)C(C)C1C. The molecule has 0 saturated carbocycles. The normalized spacial score (nSPS) is 23.6. The molecular weight excluding hydrogens is 554 g/mol. The van der Waals surface area contributed by atoms with Gasteiger partial charge in [0.2, 0.25) is 5.88 Å². The van der Waals surface area contributed by atoms with Gasteiger partial charge in [-0.25, -0.2) is 9.48 Å². The van der Waals surface area contributed by atoms with Crippen LogP contribution in [0.5, 0.6) is 11.6 Å². The van der Waals surface area contributed by atoms with Crippen LogP contribution in [0.3, 0.4) is 0 Å². The van der Waals surface area contributed by atoms with Crippen molar-refractivity contribution < 1.29 is 24.1 Å². The maximum Gasteiger partial charge on any atom is 0.342 e. The molecule has 4 atom stereocenters. The highest BCUT2D eigenvalue weighted by atomic mass is 16.5. The molecular formula is C36H43N3O5. The van der Waals surface area contributed by atoms with Gasteiger partial charge in [0.15, 0.2) is 0 Å². The highest BCUT2D eigenvalue weighted by molar-refractivity contribution is 5.90. The van der Waals surface area contributed by atoms with Crippen LogP contribution >= 0.6 is 0 Å². The van der Waals surface area contributed by atoms with Crippen LogP contribution in [0, 0.1) is 24.7 Å². The second-order valence-corrected chi connectivity index (χ2v) is 12.5. The Morgan fingerprint density at radius 3 is 2.82 bits per heavy atom. The number of carboxylic acid groups (broad SMARTS) is 1. The Morgan fingerprint density at radius 2 is 2.05 bits per heavy atom. The van der Waals surface area contributed by atoms with E-state index in [1.54, 1.807) is 4.68 Å². The van der Waals surface area contributed by atoms with Crippen LogP contribution in [-0.2, 0) is 24.3 Å². The molecule has 3 aromatic rings. The molecule has 0 spiro atoms. The fourth-order valence-corrected chi connectivity index (χ4v) is 6.99. The van der Waals surface area contributed by atoms with Gasteiger partial charge >= 0.3 is 5.97 Å². The van der Waals surface area contributed by atoms with Gasteiger partial charge in [-0.3, -0.25) is 4.90 Å². The van der Waals surface area contributed by atoms with E-state index in [9.17, 15) is 9.90 Å². The molecule has 8 nitrogen and oxygen atoms in total. The van der Waals surface area contributed by atoms with Crippen LogP contribution in [-0.4, -0.2) is 59.2 Å². The first-order valence-corrected chi connectivity index (χ1v) is 15.7. The second-order valence-electron chi connectivity index (χ2n) is 12.5. The number of aryl methyl sites for hydroxylation is 1. The number of allylic oxidation sites excluding steroid dienone is 4. The molecule has 1 aromatic heterocycles. The number of carbonyl (C=O) groups is 1. The Hall–Kier alpha value is -3.88. The van der Waals surface area contributed by atoms with Crippen molar-refractivity contribution in [2.24, 2.45) is 17.8 Å². The van der Waals surface area contributed by atoms with Crippen molar-refractivity contribution in [2.75, 3.05) is 33.4 Å². The summed E-state index contributed by atoms with van der Waals surface area (Å²) >= 11 is 0. The van der Waals surface area contributed by atoms with Crippen LogP contribution in [0.4, 0.5) is 0 Å². The summed E-state index contributed by atoms with van der Waals surface area (Å²) in [7, 11) is 1.48. The molecule has 6 rings (SSSR count). The van der Waals surface area contributed by atoms with Gasteiger partial charge in [0.05, 0.1) is 19.9 Å². The molecule has 8 heteroatoms. The van der Waals surface area contributed by atoms with Gasteiger partial charge in [-0.05, 0) is 59.9 Å². The number of para-hydroxylation sites is 1. The van der Waals surface area contributed by atoms with E-state index in [0.29, 0.717) is 12.5 Å². The summed E-state index contributed by atoms with van der Waals surface area (Å²) < 4.78 is 19.3. The van der Waals surface area contributed by atoms with Crippen molar-refractivity contribution >= 4 is 11.7 Å². The Balaban J connectivity index is 1.17. The molecule has 1 fully saturated rings. The van der Waals surface area contributed by atoms with Crippen LogP contribution < -0.4 is 9.47 Å². The number of nitrogens with zero attached hydrogens (tertiary/aromatic N) is 3. The van der Waals surface area contributed by atoms with Crippen LogP contribution in [0.15, 0.2) is 60.8 Å². The number of rotatable bonds is 9. The average molecular weight is 598 g/mol. The third kappa shape index (κ3) is 6.06. The lowest BCUT2D eigenvalue weighted by Gasteiger charge is -2.31. The maximum absolute atomic E-state index is 11.7. The van der Waals surface area contributed by atoms with Gasteiger partial charge in [-0.2, -0.15) is 5.10 Å². The number of hydrogen-bond acceptors (Lipinski definition) is 6. The molecule has 0 bridgehead atoms. The highest BCUT2D eigenvalue weighted by Crippen LogP contribution is 2.43. The van der Waals surface area contributed by atoms with Gasteiger partial charge in [0, 0.05) is 49.3 Å². The zero-order chi connectivity index (χ0) is 30.8. The summed E-state index contributed by atoms with van der Waals surface area (Å²) in [6.07, 6.45) is 9.86. The lowest BCUT2D eigenvalue weighted by molar-refractivity contribution is 0.0693. The minimum atomic E-state index is -1.06. The van der Waals surface area contributed by atoms with Crippen molar-refractivity contribution in [3.63, 3.8) is 0 Å². The smallest absolute Gasteiger partial charge is 0.342 e. The number of fused-ring (bicyclic) bond motifs is 1. The predicted molar refractivity (Wildman–Crippen MR) is 170 cm³/mol. The third-order valence-corrected chi connectivity index (χ3v) is 9.69. The first-order valence-electron chi connectivity index (χ1n) is 15.7. The Labute approximate surface area is 259 Å².